The van der Waals surface area contributed by atoms with Crippen LogP contribution in [0, 0.1) is 10.1 Å². The fraction of sp³-hybridized carbons (Fsp3) is 0.391. The number of hydrogen-bond acceptors (Lipinski definition) is 9. The molecule has 1 unspecified atom stereocenters. The van der Waals surface area contributed by atoms with Crippen LogP contribution in [0.15, 0.2) is 41.2 Å². The lowest BCUT2D eigenvalue weighted by atomic mass is 10.1. The molecule has 4 rings (SSSR count). The number of nitro groups is 1. The molecule has 1 fully saturated rings. The zero-order valence-electron chi connectivity index (χ0n) is 20.4. The van der Waals surface area contributed by atoms with Gasteiger partial charge in [-0.1, -0.05) is 23.5 Å². The van der Waals surface area contributed by atoms with Crippen molar-refractivity contribution >= 4 is 32.2 Å². The number of halogens is 6. The number of benzene rings is 2. The van der Waals surface area contributed by atoms with Gasteiger partial charge < -0.3 is 9.64 Å². The number of aromatic nitrogens is 1. The Morgan fingerprint density at radius 2 is 1.69 bits per heavy atom. The summed E-state index contributed by atoms with van der Waals surface area (Å²) in [7, 11) is 1.81. The Balaban J connectivity index is 1.49. The summed E-state index contributed by atoms with van der Waals surface area (Å²) in [6, 6.07) is 6.31. The molecular formula is C23H21F6N5O4S. The third-order valence-corrected chi connectivity index (χ3v) is 7.51. The summed E-state index contributed by atoms with van der Waals surface area (Å²) >= 11 is 0.782. The highest BCUT2D eigenvalue weighted by Crippen LogP contribution is 2.38. The van der Waals surface area contributed by atoms with Gasteiger partial charge >= 0.3 is 12.5 Å². The lowest BCUT2D eigenvalue weighted by Gasteiger charge is -2.42. The number of hydrazine groups is 1. The Morgan fingerprint density at radius 3 is 2.23 bits per heavy atom. The summed E-state index contributed by atoms with van der Waals surface area (Å²) in [5, 5.41) is 15.1. The topological polar surface area (TPSA) is 92.1 Å². The standard InChI is InChI=1S/C23H21F6N5O4S/c1-13(14-3-5-16(6-4-14)38-23(27,28)29)31(2)33-9-7-32(8-10-33)21-30-20(35)17-11-15(22(24,25)26)12-18(34(36)37)19(17)39-21/h3-6,11-13H,7-10H2,1-2H3. The SMILES string of the molecule is CC(c1ccc(OC(F)(F)F)cc1)N(C)N1CCN(c2nc(=O)c3cc(C(F)(F)F)cc([N+](=O)[O-])c3s2)CC1. The average molecular weight is 578 g/mol. The molecule has 2 heterocycles. The minimum absolute atomic E-state index is 0.158. The highest BCUT2D eigenvalue weighted by atomic mass is 32.1. The predicted octanol–water partition coefficient (Wildman–Crippen LogP) is 5.21. The molecule has 210 valence electrons. The van der Waals surface area contributed by atoms with Crippen molar-refractivity contribution < 1.29 is 36.0 Å². The van der Waals surface area contributed by atoms with Crippen molar-refractivity contribution in [2.75, 3.05) is 38.1 Å². The normalized spacial score (nSPS) is 16.1. The predicted molar refractivity (Wildman–Crippen MR) is 131 cm³/mol. The Kier molecular flexibility index (Phi) is 7.73. The van der Waals surface area contributed by atoms with Gasteiger partial charge in [-0.05, 0) is 30.7 Å². The number of nitro benzene ring substituents is 1. The lowest BCUT2D eigenvalue weighted by molar-refractivity contribution is -0.383. The van der Waals surface area contributed by atoms with Crippen LogP contribution in [0.2, 0.25) is 0 Å². The number of rotatable bonds is 6. The summed E-state index contributed by atoms with van der Waals surface area (Å²) < 4.78 is 80.5. The summed E-state index contributed by atoms with van der Waals surface area (Å²) in [4.78, 5) is 28.8. The van der Waals surface area contributed by atoms with Gasteiger partial charge in [-0.15, -0.1) is 13.2 Å². The molecule has 1 aliphatic heterocycles. The van der Waals surface area contributed by atoms with Gasteiger partial charge in [0.2, 0.25) is 0 Å². The highest BCUT2D eigenvalue weighted by Gasteiger charge is 2.35. The minimum atomic E-state index is -4.87. The zero-order chi connectivity index (χ0) is 28.7. The summed E-state index contributed by atoms with van der Waals surface area (Å²) in [5.41, 5.74) is -2.35. The molecule has 1 aliphatic rings. The molecule has 3 aromatic rings. The number of ether oxygens (including phenoxy) is 1. The number of non-ortho nitro benzene ring substituents is 1. The molecule has 0 N–H and O–H groups in total. The van der Waals surface area contributed by atoms with Gasteiger partial charge in [0.1, 0.15) is 10.4 Å². The van der Waals surface area contributed by atoms with Crippen LogP contribution < -0.4 is 15.2 Å². The van der Waals surface area contributed by atoms with E-state index in [1.165, 1.54) is 24.3 Å². The van der Waals surface area contributed by atoms with Crippen molar-refractivity contribution in [3.63, 3.8) is 0 Å². The first-order chi connectivity index (χ1) is 18.1. The largest absolute Gasteiger partial charge is 0.573 e. The second-order valence-corrected chi connectivity index (χ2v) is 9.71. The molecule has 1 aromatic heterocycles. The van der Waals surface area contributed by atoms with Crippen LogP contribution >= 0.6 is 11.3 Å². The maximum atomic E-state index is 13.2. The molecule has 0 saturated carbocycles. The number of alkyl halides is 6. The molecule has 0 radical (unpaired) electrons. The van der Waals surface area contributed by atoms with E-state index in [1.54, 1.807) is 4.90 Å². The van der Waals surface area contributed by atoms with E-state index in [0.717, 1.165) is 16.9 Å². The van der Waals surface area contributed by atoms with Crippen LogP contribution in [0.25, 0.3) is 10.1 Å². The van der Waals surface area contributed by atoms with Gasteiger partial charge in [0.05, 0.1) is 15.9 Å². The molecule has 0 amide bonds. The average Bonchev–Trinajstić information content (AvgIpc) is 2.86. The third-order valence-electron chi connectivity index (χ3n) is 6.34. The Labute approximate surface area is 220 Å². The van der Waals surface area contributed by atoms with Crippen LogP contribution in [0.5, 0.6) is 5.75 Å². The lowest BCUT2D eigenvalue weighted by Crippen LogP contribution is -2.53. The van der Waals surface area contributed by atoms with Crippen molar-refractivity contribution in [3.8, 4) is 5.75 Å². The van der Waals surface area contributed by atoms with E-state index in [-0.39, 0.29) is 21.6 Å². The van der Waals surface area contributed by atoms with Crippen molar-refractivity contribution in [3.05, 3.63) is 68.0 Å². The van der Waals surface area contributed by atoms with Crippen molar-refractivity contribution in [2.24, 2.45) is 0 Å². The fourth-order valence-corrected chi connectivity index (χ4v) is 5.30. The first-order valence-corrected chi connectivity index (χ1v) is 12.2. The second-order valence-electron chi connectivity index (χ2n) is 8.74. The van der Waals surface area contributed by atoms with Crippen LogP contribution in [0.4, 0.5) is 37.2 Å². The summed E-state index contributed by atoms with van der Waals surface area (Å²) in [6.45, 7) is 3.49. The number of hydrogen-bond donors (Lipinski definition) is 0. The first-order valence-electron chi connectivity index (χ1n) is 11.4. The monoisotopic (exact) mass is 577 g/mol. The second kappa shape index (κ2) is 10.6. The first kappa shape index (κ1) is 28.5. The molecule has 16 heteroatoms. The molecule has 0 bridgehead atoms. The van der Waals surface area contributed by atoms with Crippen LogP contribution in [-0.4, -0.2) is 59.5 Å². The molecular weight excluding hydrogens is 556 g/mol. The van der Waals surface area contributed by atoms with Gasteiger partial charge in [-0.25, -0.2) is 10.0 Å². The van der Waals surface area contributed by atoms with E-state index < -0.39 is 39.7 Å². The highest BCUT2D eigenvalue weighted by molar-refractivity contribution is 7.22. The maximum absolute atomic E-state index is 13.2. The zero-order valence-corrected chi connectivity index (χ0v) is 21.2. The van der Waals surface area contributed by atoms with E-state index in [0.29, 0.717) is 38.3 Å². The van der Waals surface area contributed by atoms with Crippen molar-refractivity contribution in [1.29, 1.82) is 0 Å². The van der Waals surface area contributed by atoms with Gasteiger partial charge in [-0.2, -0.15) is 18.2 Å². The maximum Gasteiger partial charge on any atom is 0.573 e. The minimum Gasteiger partial charge on any atom is -0.406 e. The van der Waals surface area contributed by atoms with Gasteiger partial charge in [0, 0.05) is 45.3 Å². The quantitative estimate of drug-likeness (QED) is 0.224. The van der Waals surface area contributed by atoms with E-state index in [9.17, 15) is 41.3 Å². The van der Waals surface area contributed by atoms with Crippen LogP contribution in [0.1, 0.15) is 24.1 Å². The van der Waals surface area contributed by atoms with Gasteiger partial charge in [0.15, 0.2) is 5.13 Å². The molecule has 39 heavy (non-hydrogen) atoms. The van der Waals surface area contributed by atoms with Gasteiger partial charge in [0.25, 0.3) is 11.2 Å². The molecule has 1 saturated heterocycles. The number of nitrogens with zero attached hydrogens (tertiary/aromatic N) is 5. The fourth-order valence-electron chi connectivity index (χ4n) is 4.19. The van der Waals surface area contributed by atoms with E-state index >= 15 is 0 Å². The molecule has 0 aliphatic carbocycles. The third kappa shape index (κ3) is 6.39. The summed E-state index contributed by atoms with van der Waals surface area (Å²) in [6.07, 6.45) is -9.65. The smallest absolute Gasteiger partial charge is 0.406 e. The number of anilines is 1. The number of piperazine rings is 1. The van der Waals surface area contributed by atoms with E-state index in [4.69, 9.17) is 0 Å². The summed E-state index contributed by atoms with van der Waals surface area (Å²) in [5.74, 6) is -0.327. The van der Waals surface area contributed by atoms with Gasteiger partial charge in [-0.3, -0.25) is 14.9 Å². The van der Waals surface area contributed by atoms with E-state index in [2.05, 4.69) is 9.72 Å². The van der Waals surface area contributed by atoms with Crippen LogP contribution in [-0.2, 0) is 6.18 Å². The molecule has 2 aromatic carbocycles. The van der Waals surface area contributed by atoms with Crippen molar-refractivity contribution in [1.82, 2.24) is 15.0 Å². The van der Waals surface area contributed by atoms with Crippen LogP contribution in [0.3, 0.4) is 0 Å². The van der Waals surface area contributed by atoms with E-state index in [1.807, 2.05) is 24.0 Å². The number of fused-ring (bicyclic) bond motifs is 1. The Bertz CT molecular complexity index is 1420. The Morgan fingerprint density at radius 1 is 1.08 bits per heavy atom. The molecule has 9 nitrogen and oxygen atoms in total. The Hall–Kier alpha value is -3.50. The molecule has 0 spiro atoms. The van der Waals surface area contributed by atoms with Crippen molar-refractivity contribution in [2.45, 2.75) is 25.5 Å². The molecule has 1 atom stereocenters.